The minimum Gasteiger partial charge on any atom is -0.396 e. The molecule has 0 aromatic carbocycles. The number of nitrogens with zero attached hydrogens (tertiary/aromatic N) is 1. The fourth-order valence-electron chi connectivity index (χ4n) is 8.52. The summed E-state index contributed by atoms with van der Waals surface area (Å²) in [6, 6.07) is 0. The fraction of sp³-hybridized carbons (Fsp3) is 1.00. The molecule has 0 amide bonds. The van der Waals surface area contributed by atoms with Crippen LogP contribution in [0.5, 0.6) is 0 Å². The Bertz CT molecular complexity index is 707. The maximum Gasteiger partial charge on any atom is 0.0805 e. The van der Waals surface area contributed by atoms with Crippen molar-refractivity contribution in [2.75, 3.05) is 39.5 Å². The van der Waals surface area contributed by atoms with Gasteiger partial charge in [0.15, 0.2) is 0 Å². The molecule has 0 rings (SSSR count). The van der Waals surface area contributed by atoms with Crippen molar-refractivity contribution in [1.29, 1.82) is 0 Å². The Morgan fingerprint density at radius 2 is 0.764 bits per heavy atom. The largest absolute Gasteiger partial charge is 0.396 e. The average Bonchev–Trinajstić information content (AvgIpc) is 3.19. The van der Waals surface area contributed by atoms with Crippen molar-refractivity contribution in [3.8, 4) is 0 Å². The van der Waals surface area contributed by atoms with Gasteiger partial charge in [0.2, 0.25) is 0 Å². The van der Waals surface area contributed by atoms with Gasteiger partial charge in [-0.25, -0.2) is 0 Å². The van der Waals surface area contributed by atoms with Crippen LogP contribution in [0.15, 0.2) is 0 Å². The first-order chi connectivity index (χ1) is 27.0. The van der Waals surface area contributed by atoms with Crippen molar-refractivity contribution in [1.82, 2.24) is 4.90 Å². The minimum absolute atomic E-state index is 0.0179. The van der Waals surface area contributed by atoms with Gasteiger partial charge in [-0.15, -0.1) is 0 Å². The first-order valence-electron chi connectivity index (χ1n) is 25.3. The lowest BCUT2D eigenvalue weighted by molar-refractivity contribution is -0.0135. The van der Waals surface area contributed by atoms with Crippen LogP contribution >= 0.6 is 0 Å². The summed E-state index contributed by atoms with van der Waals surface area (Å²) in [5, 5.41) is 30.4. The second-order valence-corrected chi connectivity index (χ2v) is 17.9. The van der Waals surface area contributed by atoms with E-state index in [1.54, 1.807) is 0 Å². The number of hydrogen-bond donors (Lipinski definition) is 3. The third kappa shape index (κ3) is 39.1. The van der Waals surface area contributed by atoms with E-state index in [-0.39, 0.29) is 25.4 Å². The van der Waals surface area contributed by atoms with E-state index >= 15 is 0 Å². The van der Waals surface area contributed by atoms with E-state index in [2.05, 4.69) is 32.6 Å². The molecular formula is C50H103NO4. The molecule has 0 heterocycles. The topological polar surface area (TPSA) is 73.2 Å². The number of aliphatic hydroxyl groups is 3. The van der Waals surface area contributed by atoms with Crippen LogP contribution in [0.4, 0.5) is 0 Å². The highest BCUT2D eigenvalue weighted by atomic mass is 16.5. The average molecular weight is 782 g/mol. The first-order valence-corrected chi connectivity index (χ1v) is 25.3. The van der Waals surface area contributed by atoms with Gasteiger partial charge in [0.1, 0.15) is 0 Å². The molecule has 0 aliphatic carbocycles. The van der Waals surface area contributed by atoms with Gasteiger partial charge in [0.05, 0.1) is 18.8 Å². The number of ether oxygens (including phenoxy) is 1. The van der Waals surface area contributed by atoms with Crippen LogP contribution in [0, 0.1) is 11.8 Å². The van der Waals surface area contributed by atoms with E-state index < -0.39 is 0 Å². The summed E-state index contributed by atoms with van der Waals surface area (Å²) in [5.74, 6) is 1.45. The monoisotopic (exact) mass is 782 g/mol. The van der Waals surface area contributed by atoms with E-state index in [0.717, 1.165) is 77.1 Å². The molecular weight excluding hydrogens is 679 g/mol. The molecule has 0 saturated heterocycles. The van der Waals surface area contributed by atoms with Crippen LogP contribution in [0.1, 0.15) is 259 Å². The Morgan fingerprint density at radius 3 is 1.24 bits per heavy atom. The summed E-state index contributed by atoms with van der Waals surface area (Å²) in [4.78, 5) is 2.61. The van der Waals surface area contributed by atoms with Crippen LogP contribution in [-0.4, -0.2) is 71.9 Å². The second kappa shape index (κ2) is 44.9. The third-order valence-electron chi connectivity index (χ3n) is 12.4. The highest BCUT2D eigenvalue weighted by Gasteiger charge is 2.15. The van der Waals surface area contributed by atoms with Crippen molar-refractivity contribution in [2.45, 2.75) is 271 Å². The highest BCUT2D eigenvalue weighted by Crippen LogP contribution is 2.25. The zero-order chi connectivity index (χ0) is 40.3. The molecule has 3 N–H and O–H groups in total. The van der Waals surface area contributed by atoms with Crippen molar-refractivity contribution >= 4 is 0 Å². The lowest BCUT2D eigenvalue weighted by atomic mass is 9.89. The molecule has 0 spiro atoms. The minimum atomic E-state index is -0.132. The Morgan fingerprint density at radius 1 is 0.382 bits per heavy atom. The van der Waals surface area contributed by atoms with Gasteiger partial charge in [-0.2, -0.15) is 0 Å². The molecule has 0 aliphatic heterocycles. The Balaban J connectivity index is 4.47. The first kappa shape index (κ1) is 54.8. The quantitative estimate of drug-likeness (QED) is 0.0536. The number of unbranched alkanes of at least 4 members (excludes halogenated alkanes) is 21. The lowest BCUT2D eigenvalue weighted by Crippen LogP contribution is -2.27. The Hall–Kier alpha value is -0.200. The second-order valence-electron chi connectivity index (χ2n) is 17.9. The molecule has 0 radical (unpaired) electrons. The highest BCUT2D eigenvalue weighted by molar-refractivity contribution is 4.68. The van der Waals surface area contributed by atoms with Crippen LogP contribution in [0.2, 0.25) is 0 Å². The van der Waals surface area contributed by atoms with Crippen molar-refractivity contribution in [3.05, 3.63) is 0 Å². The summed E-state index contributed by atoms with van der Waals surface area (Å²) in [7, 11) is 0. The molecule has 332 valence electrons. The van der Waals surface area contributed by atoms with Gasteiger partial charge in [-0.3, -0.25) is 0 Å². The van der Waals surface area contributed by atoms with Gasteiger partial charge >= 0.3 is 0 Å². The molecule has 4 atom stereocenters. The van der Waals surface area contributed by atoms with Gasteiger partial charge in [-0.05, 0) is 95.7 Å². The summed E-state index contributed by atoms with van der Waals surface area (Å²) in [6.45, 7) is 13.7. The maximum absolute atomic E-state index is 10.9. The molecule has 0 bridgehead atoms. The molecule has 0 aromatic rings. The maximum atomic E-state index is 10.9. The van der Waals surface area contributed by atoms with Gasteiger partial charge in [0.25, 0.3) is 0 Å². The smallest absolute Gasteiger partial charge is 0.0805 e. The zero-order valence-electron chi connectivity index (χ0n) is 38.2. The van der Waals surface area contributed by atoms with Crippen LogP contribution in [0.25, 0.3) is 0 Å². The Labute approximate surface area is 346 Å². The molecule has 5 nitrogen and oxygen atoms in total. The molecule has 0 saturated carbocycles. The summed E-state index contributed by atoms with van der Waals surface area (Å²) >= 11 is 0. The van der Waals surface area contributed by atoms with Gasteiger partial charge < -0.3 is 25.0 Å². The lowest BCUT2D eigenvalue weighted by Gasteiger charge is -2.23. The van der Waals surface area contributed by atoms with Crippen LogP contribution < -0.4 is 0 Å². The summed E-state index contributed by atoms with van der Waals surface area (Å²) < 4.78 is 6.37. The molecule has 0 aliphatic rings. The predicted molar refractivity (Wildman–Crippen MR) is 242 cm³/mol. The van der Waals surface area contributed by atoms with Crippen LogP contribution in [0.3, 0.4) is 0 Å². The van der Waals surface area contributed by atoms with Crippen molar-refractivity contribution < 1.29 is 20.1 Å². The van der Waals surface area contributed by atoms with E-state index in [1.165, 1.54) is 186 Å². The normalized spacial score (nSPS) is 14.2. The fourth-order valence-corrected chi connectivity index (χ4v) is 8.52. The molecule has 5 heteroatoms. The van der Waals surface area contributed by atoms with Crippen molar-refractivity contribution in [2.24, 2.45) is 11.8 Å². The SMILES string of the molecule is CCCCCCCCC(CCCCCC)CCC(O)CCCCCN(CCCCO)CCCCC[C@H](CO)OCC(CCCCCC)CCCCCCCC. The molecule has 3 unspecified atom stereocenters. The molecule has 0 aromatic heterocycles. The van der Waals surface area contributed by atoms with E-state index in [1.807, 2.05) is 0 Å². The zero-order valence-corrected chi connectivity index (χ0v) is 38.2. The van der Waals surface area contributed by atoms with E-state index in [9.17, 15) is 15.3 Å². The van der Waals surface area contributed by atoms with Crippen molar-refractivity contribution in [3.63, 3.8) is 0 Å². The van der Waals surface area contributed by atoms with Crippen LogP contribution in [-0.2, 0) is 4.74 Å². The molecule has 0 fully saturated rings. The summed E-state index contributed by atoms with van der Waals surface area (Å²) in [6.07, 6.45) is 45.3. The third-order valence-corrected chi connectivity index (χ3v) is 12.4. The predicted octanol–water partition coefficient (Wildman–Crippen LogP) is 14.4. The van der Waals surface area contributed by atoms with Gasteiger partial charge in [0, 0.05) is 13.2 Å². The van der Waals surface area contributed by atoms with E-state index in [4.69, 9.17) is 4.74 Å². The molecule has 55 heavy (non-hydrogen) atoms. The number of hydrogen-bond acceptors (Lipinski definition) is 5. The number of aliphatic hydroxyl groups excluding tert-OH is 3. The standard InChI is InChI=1S/C50H103NO4/c1-5-9-13-17-19-25-34-47(33-23-15-11-7-3)39-40-49(54)37-27-21-29-41-51(43-31-32-44-52)42-30-22-28-38-50(45-53)55-46-48(35-24-16-12-8-4)36-26-20-18-14-10-6-2/h47-50,52-54H,5-46H2,1-4H3/t47?,48?,49?,50-/m1/s1. The van der Waals surface area contributed by atoms with Gasteiger partial charge in [-0.1, -0.05) is 195 Å². The van der Waals surface area contributed by atoms with E-state index in [0.29, 0.717) is 5.92 Å². The summed E-state index contributed by atoms with van der Waals surface area (Å²) in [5.41, 5.74) is 0. The number of rotatable bonds is 47. The Kier molecular flexibility index (Phi) is 44.7.